The van der Waals surface area contributed by atoms with E-state index in [9.17, 15) is 0 Å². The number of hydrogen-bond acceptors (Lipinski definition) is 1. The molecule has 0 aliphatic heterocycles. The fourth-order valence-corrected chi connectivity index (χ4v) is 0.536. The van der Waals surface area contributed by atoms with E-state index in [-0.39, 0.29) is 5.41 Å². The van der Waals surface area contributed by atoms with Crippen LogP contribution < -0.4 is 0 Å². The summed E-state index contributed by atoms with van der Waals surface area (Å²) < 4.78 is 0. The number of hydrogen-bond donors (Lipinski definition) is 0. The van der Waals surface area contributed by atoms with Crippen LogP contribution in [0, 0.1) is 5.41 Å². The molecule has 0 N–H and O–H groups in total. The maximum absolute atomic E-state index is 4.30. The third kappa shape index (κ3) is 5.96. The van der Waals surface area contributed by atoms with E-state index in [1.807, 2.05) is 25.2 Å². The van der Waals surface area contributed by atoms with Crippen molar-refractivity contribution in [1.82, 2.24) is 4.90 Å². The molecule has 0 aliphatic rings. The van der Waals surface area contributed by atoms with Crippen LogP contribution in [-0.4, -0.2) is 24.8 Å². The average Bonchev–Trinajstić information content (AvgIpc) is 1.84. The minimum absolute atomic E-state index is 0.270. The van der Waals surface area contributed by atoms with Crippen LogP contribution in [0.25, 0.3) is 0 Å². The van der Waals surface area contributed by atoms with Crippen molar-refractivity contribution in [3.8, 4) is 0 Å². The molecule has 0 aromatic carbocycles. The van der Waals surface area contributed by atoms with Crippen LogP contribution in [0.15, 0.2) is 17.3 Å². The van der Waals surface area contributed by atoms with Gasteiger partial charge in [-0.2, -0.15) is 0 Å². The Morgan fingerprint density at radius 1 is 1.50 bits per heavy atom. The molecule has 0 heterocycles. The van der Waals surface area contributed by atoms with Crippen molar-refractivity contribution in [2.24, 2.45) is 10.4 Å². The Hall–Kier alpha value is -0.790. The van der Waals surface area contributed by atoms with Crippen LogP contribution in [0.3, 0.4) is 0 Å². The third-order valence-electron chi connectivity index (χ3n) is 1.42. The van der Waals surface area contributed by atoms with Gasteiger partial charge in [-0.15, -0.1) is 0 Å². The number of rotatable bonds is 3. The van der Waals surface area contributed by atoms with Crippen molar-refractivity contribution in [2.75, 3.05) is 13.6 Å². The number of aliphatic imine (C=N–C) groups is 1. The number of allylic oxidation sites excluding steroid dienone is 1. The van der Waals surface area contributed by atoms with Crippen LogP contribution >= 0.6 is 0 Å². The molecule has 0 atom stereocenters. The van der Waals surface area contributed by atoms with Crippen LogP contribution in [0.1, 0.15) is 27.7 Å². The Balaban J connectivity index is 3.85. The van der Waals surface area contributed by atoms with Gasteiger partial charge in [-0.25, -0.2) is 0 Å². The van der Waals surface area contributed by atoms with Crippen LogP contribution in [-0.2, 0) is 0 Å². The van der Waals surface area contributed by atoms with Gasteiger partial charge >= 0.3 is 0 Å². The monoisotopic (exact) mass is 168 g/mol. The topological polar surface area (TPSA) is 15.6 Å². The first-order chi connectivity index (χ1) is 5.33. The largest absolute Gasteiger partial charge is 0.340 e. The summed E-state index contributed by atoms with van der Waals surface area (Å²) in [5.74, 6) is 0. The molecule has 0 saturated heterocycles. The summed E-state index contributed by atoms with van der Waals surface area (Å²) >= 11 is 0. The first kappa shape index (κ1) is 11.2. The van der Waals surface area contributed by atoms with Gasteiger partial charge in [-0.1, -0.05) is 27.4 Å². The summed E-state index contributed by atoms with van der Waals surface area (Å²) in [5.41, 5.74) is 1.28. The molecule has 70 valence electrons. The van der Waals surface area contributed by atoms with E-state index in [2.05, 4.69) is 32.3 Å². The molecular formula is C10H20N2. The zero-order valence-corrected chi connectivity index (χ0v) is 8.89. The standard InChI is InChI=1S/C10H20N2/c1-9(2)12(6)8-11-7-10(3,4)5/h8H,1,7H2,2-6H3. The molecule has 0 saturated carbocycles. The molecule has 2 nitrogen and oxygen atoms in total. The highest BCUT2D eigenvalue weighted by Gasteiger charge is 2.07. The smallest absolute Gasteiger partial charge is 0.0889 e. The molecule has 0 aliphatic carbocycles. The fourth-order valence-electron chi connectivity index (χ4n) is 0.536. The van der Waals surface area contributed by atoms with Crippen molar-refractivity contribution < 1.29 is 0 Å². The van der Waals surface area contributed by atoms with Gasteiger partial charge < -0.3 is 4.90 Å². The van der Waals surface area contributed by atoms with E-state index in [4.69, 9.17) is 0 Å². The van der Waals surface area contributed by atoms with Gasteiger partial charge in [0.25, 0.3) is 0 Å². The fraction of sp³-hybridized carbons (Fsp3) is 0.700. The molecule has 0 fully saturated rings. The summed E-state index contributed by atoms with van der Waals surface area (Å²) in [6, 6.07) is 0. The maximum Gasteiger partial charge on any atom is 0.0889 e. The molecule has 2 heteroatoms. The van der Waals surface area contributed by atoms with E-state index in [1.54, 1.807) is 0 Å². The van der Waals surface area contributed by atoms with Gasteiger partial charge in [0, 0.05) is 19.3 Å². The zero-order valence-electron chi connectivity index (χ0n) is 8.89. The van der Waals surface area contributed by atoms with Crippen molar-refractivity contribution >= 4 is 6.34 Å². The van der Waals surface area contributed by atoms with Gasteiger partial charge in [-0.3, -0.25) is 4.99 Å². The Morgan fingerprint density at radius 3 is 2.33 bits per heavy atom. The summed E-state index contributed by atoms with van der Waals surface area (Å²) in [5, 5.41) is 0. The lowest BCUT2D eigenvalue weighted by atomic mass is 9.98. The normalized spacial score (nSPS) is 12.1. The highest BCUT2D eigenvalue weighted by Crippen LogP contribution is 2.12. The van der Waals surface area contributed by atoms with Crippen molar-refractivity contribution in [3.63, 3.8) is 0 Å². The zero-order chi connectivity index (χ0) is 9.78. The van der Waals surface area contributed by atoms with Crippen molar-refractivity contribution in [2.45, 2.75) is 27.7 Å². The summed E-state index contributed by atoms with van der Waals surface area (Å²) in [6.07, 6.45) is 1.83. The highest BCUT2D eigenvalue weighted by atomic mass is 15.1. The lowest BCUT2D eigenvalue weighted by Crippen LogP contribution is -2.15. The van der Waals surface area contributed by atoms with E-state index in [1.165, 1.54) is 0 Å². The minimum Gasteiger partial charge on any atom is -0.340 e. The third-order valence-corrected chi connectivity index (χ3v) is 1.42. The molecular weight excluding hydrogens is 148 g/mol. The molecule has 0 radical (unpaired) electrons. The molecule has 0 rings (SSSR count). The van der Waals surface area contributed by atoms with Gasteiger partial charge in [0.15, 0.2) is 0 Å². The molecule has 0 amide bonds. The molecule has 0 spiro atoms. The van der Waals surface area contributed by atoms with Gasteiger partial charge in [0.05, 0.1) is 6.34 Å². The minimum atomic E-state index is 0.270. The van der Waals surface area contributed by atoms with Crippen molar-refractivity contribution in [1.29, 1.82) is 0 Å². The van der Waals surface area contributed by atoms with Crippen LogP contribution in [0.2, 0.25) is 0 Å². The van der Waals surface area contributed by atoms with Gasteiger partial charge in [0.1, 0.15) is 0 Å². The van der Waals surface area contributed by atoms with E-state index >= 15 is 0 Å². The summed E-state index contributed by atoms with van der Waals surface area (Å²) in [7, 11) is 1.95. The second kappa shape index (κ2) is 4.29. The van der Waals surface area contributed by atoms with Crippen molar-refractivity contribution in [3.05, 3.63) is 12.3 Å². The molecule has 0 bridgehead atoms. The first-order valence-electron chi connectivity index (χ1n) is 4.21. The second-order valence-electron chi connectivity index (χ2n) is 4.36. The van der Waals surface area contributed by atoms with Gasteiger partial charge in [-0.05, 0) is 12.3 Å². The van der Waals surface area contributed by atoms with E-state index in [0.717, 1.165) is 12.2 Å². The maximum atomic E-state index is 4.30. The van der Waals surface area contributed by atoms with E-state index < -0.39 is 0 Å². The van der Waals surface area contributed by atoms with Gasteiger partial charge in [0.2, 0.25) is 0 Å². The lowest BCUT2D eigenvalue weighted by molar-refractivity contribution is 0.428. The Labute approximate surface area is 76.0 Å². The summed E-state index contributed by atoms with van der Waals surface area (Å²) in [4.78, 5) is 6.23. The Morgan fingerprint density at radius 2 is 2.00 bits per heavy atom. The lowest BCUT2D eigenvalue weighted by Gasteiger charge is -2.16. The SMILES string of the molecule is C=C(C)N(C)C=NCC(C)(C)C. The Bertz CT molecular complexity index is 175. The quantitative estimate of drug-likeness (QED) is 0.467. The molecule has 0 aromatic heterocycles. The number of nitrogens with zero attached hydrogens (tertiary/aromatic N) is 2. The molecule has 12 heavy (non-hydrogen) atoms. The highest BCUT2D eigenvalue weighted by molar-refractivity contribution is 5.57. The molecule has 0 unspecified atom stereocenters. The van der Waals surface area contributed by atoms with Crippen LogP contribution in [0.5, 0.6) is 0 Å². The summed E-state index contributed by atoms with van der Waals surface area (Å²) in [6.45, 7) is 13.1. The predicted octanol–water partition coefficient (Wildman–Crippen LogP) is 2.53. The van der Waals surface area contributed by atoms with E-state index in [0.29, 0.717) is 0 Å². The average molecular weight is 168 g/mol. The Kier molecular flexibility index (Phi) is 4.01. The second-order valence-corrected chi connectivity index (χ2v) is 4.36. The molecule has 0 aromatic rings. The predicted molar refractivity (Wildman–Crippen MR) is 55.4 cm³/mol. The van der Waals surface area contributed by atoms with Crippen LogP contribution in [0.4, 0.5) is 0 Å². The first-order valence-corrected chi connectivity index (χ1v) is 4.21.